The molecule has 2 aromatic rings. The molecule has 19 heavy (non-hydrogen) atoms. The Morgan fingerprint density at radius 1 is 1.00 bits per heavy atom. The minimum Gasteiger partial charge on any atom is -0.294 e. The summed E-state index contributed by atoms with van der Waals surface area (Å²) in [5.74, 6) is -0.402. The maximum absolute atomic E-state index is 13.3. The van der Waals surface area contributed by atoms with Gasteiger partial charge in [0.15, 0.2) is 5.78 Å². The summed E-state index contributed by atoms with van der Waals surface area (Å²) >= 11 is 0. The Labute approximate surface area is 113 Å². The highest BCUT2D eigenvalue weighted by molar-refractivity contribution is 5.97. The third-order valence-electron chi connectivity index (χ3n) is 3.22. The molecule has 2 aromatic carbocycles. The molecule has 0 heterocycles. The maximum Gasteiger partial charge on any atom is 0.167 e. The van der Waals surface area contributed by atoms with Crippen molar-refractivity contribution in [2.75, 3.05) is 0 Å². The Morgan fingerprint density at radius 3 is 2.42 bits per heavy atom. The summed E-state index contributed by atoms with van der Waals surface area (Å²) in [5.41, 5.74) is 4.44. The predicted molar refractivity (Wildman–Crippen MR) is 75.1 cm³/mol. The first-order valence-corrected chi connectivity index (χ1v) is 6.32. The zero-order valence-corrected chi connectivity index (χ0v) is 11.5. The Kier molecular flexibility index (Phi) is 3.79. The predicted octanol–water partition coefficient (Wildman–Crippen LogP) is 4.18. The van der Waals surface area contributed by atoms with E-state index in [2.05, 4.69) is 0 Å². The standard InChI is InChI=1S/C17H17FO/c1-11-4-5-13(3)14(6-11)10-17(19)15-7-12(2)8-16(18)9-15/h4-9H,10H2,1-3H3. The number of carbonyl (C=O) groups is 1. The van der Waals surface area contributed by atoms with E-state index in [1.54, 1.807) is 13.0 Å². The second-order valence-electron chi connectivity index (χ2n) is 5.05. The highest BCUT2D eigenvalue weighted by Gasteiger charge is 2.10. The number of ketones is 1. The maximum atomic E-state index is 13.3. The Bertz CT molecular complexity index is 609. The van der Waals surface area contributed by atoms with Crippen LogP contribution in [0.3, 0.4) is 0 Å². The molecule has 98 valence electrons. The van der Waals surface area contributed by atoms with Crippen molar-refractivity contribution in [2.45, 2.75) is 27.2 Å². The van der Waals surface area contributed by atoms with Crippen molar-refractivity contribution < 1.29 is 9.18 Å². The molecule has 0 aromatic heterocycles. The quantitative estimate of drug-likeness (QED) is 0.753. The van der Waals surface area contributed by atoms with Crippen molar-refractivity contribution in [3.63, 3.8) is 0 Å². The third kappa shape index (κ3) is 3.28. The van der Waals surface area contributed by atoms with Gasteiger partial charge in [-0.1, -0.05) is 23.8 Å². The fourth-order valence-electron chi connectivity index (χ4n) is 2.16. The zero-order valence-electron chi connectivity index (χ0n) is 11.5. The lowest BCUT2D eigenvalue weighted by atomic mass is 9.97. The Morgan fingerprint density at radius 2 is 1.74 bits per heavy atom. The van der Waals surface area contributed by atoms with Crippen LogP contribution >= 0.6 is 0 Å². The van der Waals surface area contributed by atoms with Crippen LogP contribution < -0.4 is 0 Å². The van der Waals surface area contributed by atoms with Crippen LogP contribution in [0.5, 0.6) is 0 Å². The molecule has 0 fully saturated rings. The first kappa shape index (κ1) is 13.5. The lowest BCUT2D eigenvalue weighted by Gasteiger charge is -2.07. The van der Waals surface area contributed by atoms with Gasteiger partial charge in [0.1, 0.15) is 5.82 Å². The molecule has 0 saturated heterocycles. The molecule has 0 saturated carbocycles. The summed E-state index contributed by atoms with van der Waals surface area (Å²) in [6.45, 7) is 5.77. The molecule has 0 aliphatic rings. The normalized spacial score (nSPS) is 10.5. The molecule has 2 rings (SSSR count). The van der Waals surface area contributed by atoms with Crippen molar-refractivity contribution in [3.8, 4) is 0 Å². The molecule has 0 N–H and O–H groups in total. The van der Waals surface area contributed by atoms with Gasteiger partial charge in [-0.15, -0.1) is 0 Å². The molecule has 0 aliphatic heterocycles. The fourth-order valence-corrected chi connectivity index (χ4v) is 2.16. The summed E-state index contributed by atoms with van der Waals surface area (Å²) in [6, 6.07) is 10.5. The van der Waals surface area contributed by atoms with Gasteiger partial charge in [0, 0.05) is 12.0 Å². The smallest absolute Gasteiger partial charge is 0.167 e. The van der Waals surface area contributed by atoms with E-state index in [0.29, 0.717) is 12.0 Å². The monoisotopic (exact) mass is 256 g/mol. The van der Waals surface area contributed by atoms with Crippen molar-refractivity contribution in [1.29, 1.82) is 0 Å². The van der Waals surface area contributed by atoms with E-state index in [1.807, 2.05) is 32.0 Å². The largest absolute Gasteiger partial charge is 0.294 e. The van der Waals surface area contributed by atoms with E-state index in [0.717, 1.165) is 22.3 Å². The van der Waals surface area contributed by atoms with Gasteiger partial charge in [-0.05, 0) is 55.7 Å². The van der Waals surface area contributed by atoms with Gasteiger partial charge in [0.25, 0.3) is 0 Å². The van der Waals surface area contributed by atoms with Gasteiger partial charge in [0.05, 0.1) is 0 Å². The van der Waals surface area contributed by atoms with Crippen LogP contribution in [0.25, 0.3) is 0 Å². The fraction of sp³-hybridized carbons (Fsp3) is 0.235. The molecule has 0 radical (unpaired) electrons. The summed E-state index contributed by atoms with van der Waals surface area (Å²) in [6.07, 6.45) is 0.316. The molecule has 0 bridgehead atoms. The van der Waals surface area contributed by atoms with Crippen LogP contribution in [0, 0.1) is 26.6 Å². The number of Topliss-reactive ketones (excluding diaryl/α,β-unsaturated/α-hetero) is 1. The minimum absolute atomic E-state index is 0.0451. The first-order chi connectivity index (χ1) is 8.95. The van der Waals surface area contributed by atoms with Gasteiger partial charge >= 0.3 is 0 Å². The number of hydrogen-bond acceptors (Lipinski definition) is 1. The van der Waals surface area contributed by atoms with Crippen molar-refractivity contribution >= 4 is 5.78 Å². The molecule has 0 amide bonds. The molecular weight excluding hydrogens is 239 g/mol. The van der Waals surface area contributed by atoms with Crippen LogP contribution in [0.2, 0.25) is 0 Å². The summed E-state index contributed by atoms with van der Waals surface area (Å²) in [5, 5.41) is 0. The number of halogens is 1. The number of rotatable bonds is 3. The average Bonchev–Trinajstić information content (AvgIpc) is 2.32. The van der Waals surface area contributed by atoms with Crippen LogP contribution in [0.15, 0.2) is 36.4 Å². The van der Waals surface area contributed by atoms with E-state index in [-0.39, 0.29) is 11.6 Å². The van der Waals surface area contributed by atoms with E-state index in [4.69, 9.17) is 0 Å². The molecule has 2 heteroatoms. The van der Waals surface area contributed by atoms with Gasteiger partial charge in [-0.2, -0.15) is 0 Å². The number of carbonyl (C=O) groups excluding carboxylic acids is 1. The average molecular weight is 256 g/mol. The highest BCUT2D eigenvalue weighted by atomic mass is 19.1. The van der Waals surface area contributed by atoms with Crippen LogP contribution in [-0.2, 0) is 6.42 Å². The van der Waals surface area contributed by atoms with Gasteiger partial charge in [0.2, 0.25) is 0 Å². The third-order valence-corrected chi connectivity index (χ3v) is 3.22. The summed E-state index contributed by atoms with van der Waals surface area (Å²) in [4.78, 5) is 12.2. The summed E-state index contributed by atoms with van der Waals surface area (Å²) in [7, 11) is 0. The number of hydrogen-bond donors (Lipinski definition) is 0. The topological polar surface area (TPSA) is 17.1 Å². The number of aryl methyl sites for hydroxylation is 3. The van der Waals surface area contributed by atoms with Crippen molar-refractivity contribution in [3.05, 3.63) is 70.0 Å². The lowest BCUT2D eigenvalue weighted by molar-refractivity contribution is 0.0992. The second-order valence-corrected chi connectivity index (χ2v) is 5.05. The molecular formula is C17H17FO. The van der Waals surface area contributed by atoms with E-state index in [1.165, 1.54) is 12.1 Å². The highest BCUT2D eigenvalue weighted by Crippen LogP contribution is 2.16. The number of benzene rings is 2. The van der Waals surface area contributed by atoms with Gasteiger partial charge in [-0.25, -0.2) is 4.39 Å². The van der Waals surface area contributed by atoms with Crippen LogP contribution in [-0.4, -0.2) is 5.78 Å². The van der Waals surface area contributed by atoms with E-state index >= 15 is 0 Å². The van der Waals surface area contributed by atoms with Crippen molar-refractivity contribution in [1.82, 2.24) is 0 Å². The summed E-state index contributed by atoms with van der Waals surface area (Å²) < 4.78 is 13.3. The minimum atomic E-state index is -0.357. The molecule has 1 nitrogen and oxygen atoms in total. The molecule has 0 atom stereocenters. The first-order valence-electron chi connectivity index (χ1n) is 6.32. The van der Waals surface area contributed by atoms with Crippen LogP contribution in [0.1, 0.15) is 32.6 Å². The van der Waals surface area contributed by atoms with E-state index < -0.39 is 0 Å². The van der Waals surface area contributed by atoms with Crippen LogP contribution in [0.4, 0.5) is 4.39 Å². The molecule has 0 unspecified atom stereocenters. The molecule has 0 aliphatic carbocycles. The Balaban J connectivity index is 2.28. The zero-order chi connectivity index (χ0) is 14.0. The Hall–Kier alpha value is -1.96. The molecule has 0 spiro atoms. The van der Waals surface area contributed by atoms with Crippen molar-refractivity contribution in [2.24, 2.45) is 0 Å². The SMILES string of the molecule is Cc1cc(F)cc(C(=O)Cc2cc(C)ccc2C)c1. The van der Waals surface area contributed by atoms with Gasteiger partial charge in [-0.3, -0.25) is 4.79 Å². The lowest BCUT2D eigenvalue weighted by Crippen LogP contribution is -2.06. The van der Waals surface area contributed by atoms with Gasteiger partial charge < -0.3 is 0 Å². The van der Waals surface area contributed by atoms with E-state index in [9.17, 15) is 9.18 Å². The second kappa shape index (κ2) is 5.35.